The molecule has 0 saturated carbocycles. The summed E-state index contributed by atoms with van der Waals surface area (Å²) in [6.45, 7) is 14.8. The largest absolute Gasteiger partial charge is 0.369 e. The van der Waals surface area contributed by atoms with E-state index in [-0.39, 0.29) is 42.7 Å². The van der Waals surface area contributed by atoms with E-state index in [4.69, 9.17) is 0 Å². The van der Waals surface area contributed by atoms with Crippen LogP contribution in [0.4, 0.5) is 5.69 Å². The summed E-state index contributed by atoms with van der Waals surface area (Å²) in [5, 5.41) is 2.79. The first kappa shape index (κ1) is 35.8. The summed E-state index contributed by atoms with van der Waals surface area (Å²) in [5.74, 6) is -3.48. The number of ketones is 4. The monoisotopic (exact) mass is 617 g/mol. The average molecular weight is 618 g/mol. The zero-order valence-corrected chi connectivity index (χ0v) is 28.1. The van der Waals surface area contributed by atoms with Crippen molar-refractivity contribution < 1.29 is 24.0 Å². The molecule has 3 rings (SSSR count). The number of hydrogen-bond acceptors (Lipinski definition) is 7. The quantitative estimate of drug-likeness (QED) is 0.217. The molecule has 1 fully saturated rings. The number of nitrogens with zero attached hydrogens (tertiary/aromatic N) is 2. The Morgan fingerprint density at radius 1 is 0.844 bits per heavy atom. The van der Waals surface area contributed by atoms with E-state index in [1.54, 1.807) is 31.2 Å². The fraction of sp³-hybridized carbons (Fsp3) is 0.541. The summed E-state index contributed by atoms with van der Waals surface area (Å²) in [7, 11) is 2.12. The fourth-order valence-corrected chi connectivity index (χ4v) is 5.70. The normalized spacial score (nSPS) is 16.1. The second-order valence-corrected chi connectivity index (χ2v) is 13.9. The molecule has 2 aromatic carbocycles. The molecule has 1 saturated heterocycles. The molecule has 244 valence electrons. The lowest BCUT2D eigenvalue weighted by Crippen LogP contribution is -2.46. The van der Waals surface area contributed by atoms with E-state index in [1.807, 2.05) is 52.8 Å². The predicted octanol–water partition coefficient (Wildman–Crippen LogP) is 5.18. The minimum absolute atomic E-state index is 0.0140. The van der Waals surface area contributed by atoms with Crippen LogP contribution < -0.4 is 10.2 Å². The lowest BCUT2D eigenvalue weighted by atomic mass is 9.76. The van der Waals surface area contributed by atoms with Crippen molar-refractivity contribution >= 4 is 34.7 Å². The van der Waals surface area contributed by atoms with Crippen LogP contribution in [0.25, 0.3) is 0 Å². The van der Waals surface area contributed by atoms with E-state index in [1.165, 1.54) is 0 Å². The Kier molecular flexibility index (Phi) is 12.8. The van der Waals surface area contributed by atoms with E-state index >= 15 is 0 Å². The molecule has 0 aromatic heterocycles. The fourth-order valence-electron chi connectivity index (χ4n) is 5.70. The standard InChI is InChI=1S/C37H51N3O5/c1-25(2)30(35(44)32(41)17-16-27-12-11-15-29(22-27)40-20-18-39(7)19-21-40)23-33(42)26(3)38-36(45)31(37(4,5)6)24-34(43)28-13-9-8-10-14-28/h8-15,22,25-26,30-31H,16-21,23-24H2,1-7H3,(H,38,45)/t26-,30-,31+/m0/s1. The first-order valence-electron chi connectivity index (χ1n) is 16.2. The number of piperazine rings is 1. The number of anilines is 1. The molecule has 0 unspecified atom stereocenters. The molecule has 0 aliphatic carbocycles. The van der Waals surface area contributed by atoms with Crippen molar-refractivity contribution in [1.29, 1.82) is 0 Å². The Hall–Kier alpha value is -3.65. The molecule has 0 spiro atoms. The van der Waals surface area contributed by atoms with Crippen molar-refractivity contribution in [3.8, 4) is 0 Å². The lowest BCUT2D eigenvalue weighted by Gasteiger charge is -2.34. The van der Waals surface area contributed by atoms with Crippen LogP contribution in [0.2, 0.25) is 0 Å². The molecule has 45 heavy (non-hydrogen) atoms. The van der Waals surface area contributed by atoms with Crippen LogP contribution in [0.1, 0.15) is 76.7 Å². The number of benzene rings is 2. The molecule has 1 heterocycles. The second-order valence-electron chi connectivity index (χ2n) is 13.9. The maximum atomic E-state index is 13.4. The van der Waals surface area contributed by atoms with Gasteiger partial charge < -0.3 is 15.1 Å². The molecule has 2 aromatic rings. The summed E-state index contributed by atoms with van der Waals surface area (Å²) in [4.78, 5) is 70.5. The summed E-state index contributed by atoms with van der Waals surface area (Å²) >= 11 is 0. The lowest BCUT2D eigenvalue weighted by molar-refractivity contribution is -0.141. The SMILES string of the molecule is CC(C)[C@H](CC(=O)[C@H](C)NC(=O)[C@@H](CC(=O)c1ccccc1)C(C)(C)C)C(=O)C(=O)CCc1cccc(N2CCN(C)CC2)c1. The van der Waals surface area contributed by atoms with Gasteiger partial charge in [0.15, 0.2) is 17.3 Å². The maximum absolute atomic E-state index is 13.4. The van der Waals surface area contributed by atoms with Gasteiger partial charge in [0.25, 0.3) is 0 Å². The highest BCUT2D eigenvalue weighted by molar-refractivity contribution is 6.38. The van der Waals surface area contributed by atoms with E-state index in [2.05, 4.69) is 34.3 Å². The zero-order valence-electron chi connectivity index (χ0n) is 28.1. The Bertz CT molecular complexity index is 1340. The Morgan fingerprint density at radius 3 is 2.09 bits per heavy atom. The summed E-state index contributed by atoms with van der Waals surface area (Å²) in [6, 6.07) is 16.1. The van der Waals surface area contributed by atoms with Gasteiger partial charge in [0, 0.05) is 62.6 Å². The van der Waals surface area contributed by atoms with Gasteiger partial charge in [-0.3, -0.25) is 24.0 Å². The number of nitrogens with one attached hydrogen (secondary N) is 1. The summed E-state index contributed by atoms with van der Waals surface area (Å²) < 4.78 is 0. The molecule has 0 bridgehead atoms. The maximum Gasteiger partial charge on any atom is 0.224 e. The van der Waals surface area contributed by atoms with Gasteiger partial charge in [-0.05, 0) is 49.4 Å². The first-order valence-corrected chi connectivity index (χ1v) is 16.2. The van der Waals surface area contributed by atoms with Gasteiger partial charge in [0.2, 0.25) is 11.7 Å². The number of aryl methyl sites for hydroxylation is 1. The number of carbonyl (C=O) groups excluding carboxylic acids is 5. The Morgan fingerprint density at radius 2 is 1.49 bits per heavy atom. The molecular weight excluding hydrogens is 566 g/mol. The Balaban J connectivity index is 1.58. The van der Waals surface area contributed by atoms with Crippen molar-refractivity contribution in [3.05, 3.63) is 65.7 Å². The van der Waals surface area contributed by atoms with Gasteiger partial charge in [-0.1, -0.05) is 77.1 Å². The van der Waals surface area contributed by atoms with Crippen molar-refractivity contribution in [2.45, 2.75) is 73.3 Å². The molecule has 1 aliphatic heterocycles. The third kappa shape index (κ3) is 10.5. The van der Waals surface area contributed by atoms with Gasteiger partial charge in [-0.2, -0.15) is 0 Å². The molecule has 8 nitrogen and oxygen atoms in total. The molecular formula is C37H51N3O5. The summed E-state index contributed by atoms with van der Waals surface area (Å²) in [6.07, 6.45) is 0.413. The van der Waals surface area contributed by atoms with Crippen LogP contribution in [-0.2, 0) is 25.6 Å². The van der Waals surface area contributed by atoms with E-state index in [0.717, 1.165) is 37.4 Å². The highest BCUT2D eigenvalue weighted by Gasteiger charge is 2.36. The van der Waals surface area contributed by atoms with Crippen LogP contribution in [0.15, 0.2) is 54.6 Å². The third-order valence-electron chi connectivity index (χ3n) is 8.95. The molecule has 1 aliphatic rings. The first-order chi connectivity index (χ1) is 21.2. The smallest absolute Gasteiger partial charge is 0.224 e. The third-order valence-corrected chi connectivity index (χ3v) is 8.95. The van der Waals surface area contributed by atoms with Crippen molar-refractivity contribution in [2.24, 2.45) is 23.2 Å². The van der Waals surface area contributed by atoms with Gasteiger partial charge in [-0.25, -0.2) is 0 Å². The number of rotatable bonds is 15. The van der Waals surface area contributed by atoms with Gasteiger partial charge >= 0.3 is 0 Å². The molecule has 1 N–H and O–H groups in total. The minimum atomic E-state index is -0.865. The van der Waals surface area contributed by atoms with Crippen molar-refractivity contribution in [1.82, 2.24) is 10.2 Å². The molecule has 1 amide bonds. The predicted molar refractivity (Wildman–Crippen MR) is 178 cm³/mol. The highest BCUT2D eigenvalue weighted by atomic mass is 16.2. The van der Waals surface area contributed by atoms with Crippen molar-refractivity contribution in [2.75, 3.05) is 38.1 Å². The van der Waals surface area contributed by atoms with E-state index in [0.29, 0.717) is 12.0 Å². The van der Waals surface area contributed by atoms with Crippen LogP contribution in [0.3, 0.4) is 0 Å². The second kappa shape index (κ2) is 16.1. The van der Waals surface area contributed by atoms with Crippen LogP contribution in [0, 0.1) is 23.2 Å². The molecule has 8 heteroatoms. The number of amides is 1. The van der Waals surface area contributed by atoms with Gasteiger partial charge in [0.05, 0.1) is 12.0 Å². The topological polar surface area (TPSA) is 104 Å². The summed E-state index contributed by atoms with van der Waals surface area (Å²) in [5.41, 5.74) is 2.14. The molecule has 3 atom stereocenters. The number of hydrogen-bond donors (Lipinski definition) is 1. The van der Waals surface area contributed by atoms with Crippen LogP contribution >= 0.6 is 0 Å². The number of likely N-dealkylation sites (N-methyl/N-ethyl adjacent to an activating group) is 1. The minimum Gasteiger partial charge on any atom is -0.369 e. The number of Topliss-reactive ketones (excluding diaryl/α,β-unsaturated/α-hetero) is 4. The van der Waals surface area contributed by atoms with E-state index in [9.17, 15) is 24.0 Å². The van der Waals surface area contributed by atoms with Crippen molar-refractivity contribution in [3.63, 3.8) is 0 Å². The van der Waals surface area contributed by atoms with Crippen LogP contribution in [-0.4, -0.2) is 73.2 Å². The zero-order chi connectivity index (χ0) is 33.3. The van der Waals surface area contributed by atoms with Crippen LogP contribution in [0.5, 0.6) is 0 Å². The van der Waals surface area contributed by atoms with Gasteiger partial charge in [-0.15, -0.1) is 0 Å². The highest BCUT2D eigenvalue weighted by Crippen LogP contribution is 2.30. The average Bonchev–Trinajstić information content (AvgIpc) is 3.00. The Labute approximate surface area is 268 Å². The van der Waals surface area contributed by atoms with Gasteiger partial charge in [0.1, 0.15) is 0 Å². The number of carbonyl (C=O) groups is 5. The van der Waals surface area contributed by atoms with E-state index < -0.39 is 34.9 Å². The molecule has 0 radical (unpaired) electrons.